The first-order valence-corrected chi connectivity index (χ1v) is 8.89. The Morgan fingerprint density at radius 1 is 1.00 bits per heavy atom. The number of anilines is 1. The molecule has 0 saturated heterocycles. The molecule has 0 spiro atoms. The molecule has 0 fully saturated rings. The van der Waals surface area contributed by atoms with Gasteiger partial charge in [-0.3, -0.25) is 14.4 Å². The summed E-state index contributed by atoms with van der Waals surface area (Å²) in [5, 5.41) is 3.09. The minimum absolute atomic E-state index is 0.00435. The lowest BCUT2D eigenvalue weighted by atomic mass is 9.83. The molecule has 140 valence electrons. The molecule has 0 aliphatic heterocycles. The van der Waals surface area contributed by atoms with Crippen molar-refractivity contribution in [2.24, 2.45) is 11.7 Å². The number of nitrogens with two attached hydrogens (primary N) is 1. The molecule has 1 atom stereocenters. The summed E-state index contributed by atoms with van der Waals surface area (Å²) in [6.07, 6.45) is 0. The zero-order valence-electron chi connectivity index (χ0n) is 15.3. The predicted octanol–water partition coefficient (Wildman–Crippen LogP) is 2.40. The predicted molar refractivity (Wildman–Crippen MR) is 102 cm³/mol. The van der Waals surface area contributed by atoms with Gasteiger partial charge in [-0.05, 0) is 12.0 Å². The number of hydrogen-bond acceptors (Lipinski definition) is 6. The molecule has 0 unspecified atom stereocenters. The molecule has 2 aromatic carbocycles. The molecular formula is C21H22N2O4. The van der Waals surface area contributed by atoms with Gasteiger partial charge in [0.15, 0.2) is 11.6 Å². The Balaban J connectivity index is 1.73. The lowest BCUT2D eigenvalue weighted by molar-refractivity contribution is -0.145. The number of ketones is 2. The summed E-state index contributed by atoms with van der Waals surface area (Å²) in [7, 11) is 0. The number of hydrogen-bond donors (Lipinski definition) is 2. The van der Waals surface area contributed by atoms with Crippen molar-refractivity contribution in [1.82, 2.24) is 0 Å². The Kier molecular flexibility index (Phi) is 5.37. The van der Waals surface area contributed by atoms with Crippen LogP contribution in [0.5, 0.6) is 0 Å². The summed E-state index contributed by atoms with van der Waals surface area (Å²) in [5.74, 6) is -0.822. The van der Waals surface area contributed by atoms with Crippen molar-refractivity contribution in [3.05, 3.63) is 64.7 Å². The molecule has 0 bridgehead atoms. The molecule has 3 N–H and O–H groups in total. The van der Waals surface area contributed by atoms with Gasteiger partial charge in [0.25, 0.3) is 0 Å². The second-order valence-electron chi connectivity index (χ2n) is 6.80. The summed E-state index contributed by atoms with van der Waals surface area (Å²) in [5.41, 5.74) is 7.84. The number of esters is 1. The van der Waals surface area contributed by atoms with Crippen LogP contribution in [0, 0.1) is 5.92 Å². The zero-order valence-corrected chi connectivity index (χ0v) is 15.3. The molecule has 0 amide bonds. The Hall–Kier alpha value is -2.99. The lowest BCUT2D eigenvalue weighted by Gasteiger charge is -2.21. The van der Waals surface area contributed by atoms with E-state index in [4.69, 9.17) is 10.5 Å². The van der Waals surface area contributed by atoms with E-state index in [1.54, 1.807) is 42.5 Å². The van der Waals surface area contributed by atoms with Crippen LogP contribution in [0.15, 0.2) is 42.5 Å². The average molecular weight is 366 g/mol. The second-order valence-corrected chi connectivity index (χ2v) is 6.80. The number of carbonyl (C=O) groups is 3. The third kappa shape index (κ3) is 3.61. The summed E-state index contributed by atoms with van der Waals surface area (Å²) >= 11 is 0. The van der Waals surface area contributed by atoms with E-state index in [2.05, 4.69) is 5.32 Å². The molecule has 27 heavy (non-hydrogen) atoms. The van der Waals surface area contributed by atoms with Gasteiger partial charge in [0, 0.05) is 28.9 Å². The molecule has 1 aliphatic rings. The number of benzene rings is 2. The molecule has 6 heteroatoms. The summed E-state index contributed by atoms with van der Waals surface area (Å²) < 4.78 is 5.16. The van der Waals surface area contributed by atoms with Crippen LogP contribution in [0.1, 0.15) is 45.7 Å². The topological polar surface area (TPSA) is 98.5 Å². The third-order valence-corrected chi connectivity index (χ3v) is 4.60. The van der Waals surface area contributed by atoms with Crippen molar-refractivity contribution in [1.29, 1.82) is 0 Å². The van der Waals surface area contributed by atoms with E-state index in [0.717, 1.165) is 0 Å². The lowest BCUT2D eigenvalue weighted by Crippen LogP contribution is -2.37. The molecule has 0 aromatic heterocycles. The highest BCUT2D eigenvalue weighted by atomic mass is 16.5. The number of ether oxygens (including phenoxy) is 1. The number of carbonyl (C=O) groups excluding carboxylic acids is 3. The van der Waals surface area contributed by atoms with E-state index in [1.165, 1.54) is 0 Å². The van der Waals surface area contributed by atoms with Gasteiger partial charge >= 0.3 is 5.97 Å². The fourth-order valence-corrected chi connectivity index (χ4v) is 3.00. The first-order chi connectivity index (χ1) is 12.9. The maximum Gasteiger partial charge on any atom is 0.323 e. The monoisotopic (exact) mass is 366 g/mol. The first-order valence-electron chi connectivity index (χ1n) is 8.89. The molecule has 0 heterocycles. The van der Waals surface area contributed by atoms with Crippen LogP contribution in [-0.4, -0.2) is 36.7 Å². The molecule has 1 aliphatic carbocycles. The Morgan fingerprint density at radius 3 is 2.30 bits per heavy atom. The molecular weight excluding hydrogens is 344 g/mol. The van der Waals surface area contributed by atoms with E-state index < -0.39 is 12.0 Å². The smallest absolute Gasteiger partial charge is 0.323 e. The summed E-state index contributed by atoms with van der Waals surface area (Å²) in [6, 6.07) is 11.2. The number of rotatable bonds is 6. The maximum absolute atomic E-state index is 12.9. The van der Waals surface area contributed by atoms with Crippen molar-refractivity contribution in [3.63, 3.8) is 0 Å². The second kappa shape index (κ2) is 7.72. The van der Waals surface area contributed by atoms with Crippen LogP contribution >= 0.6 is 0 Å². The van der Waals surface area contributed by atoms with Gasteiger partial charge in [-0.25, -0.2) is 0 Å². The normalized spacial score (nSPS) is 13.8. The number of nitrogens with one attached hydrogen (secondary N) is 1. The largest absolute Gasteiger partial charge is 0.463 e. The Morgan fingerprint density at radius 2 is 1.63 bits per heavy atom. The van der Waals surface area contributed by atoms with E-state index in [9.17, 15) is 14.4 Å². The highest BCUT2D eigenvalue weighted by molar-refractivity contribution is 6.30. The van der Waals surface area contributed by atoms with Gasteiger partial charge in [0.05, 0.1) is 5.56 Å². The first kappa shape index (κ1) is 18.8. The standard InChI is InChI=1S/C21H22N2O4/c1-12(2)18(22)21(26)27-11-10-23-16-9-5-8-15-17(16)20(25)14-7-4-3-6-13(14)19(15)24/h3-9,12,18,23H,10-11,22H2,1-2H3/t18-/m0/s1. The van der Waals surface area contributed by atoms with Crippen LogP contribution < -0.4 is 11.1 Å². The third-order valence-electron chi connectivity index (χ3n) is 4.60. The molecule has 6 nitrogen and oxygen atoms in total. The van der Waals surface area contributed by atoms with Gasteiger partial charge in [-0.15, -0.1) is 0 Å². The summed E-state index contributed by atoms with van der Waals surface area (Å²) in [6.45, 7) is 4.11. The Bertz CT molecular complexity index is 905. The number of fused-ring (bicyclic) bond motifs is 2. The van der Waals surface area contributed by atoms with Crippen LogP contribution in [0.2, 0.25) is 0 Å². The van der Waals surface area contributed by atoms with Crippen molar-refractivity contribution < 1.29 is 19.1 Å². The summed E-state index contributed by atoms with van der Waals surface area (Å²) in [4.78, 5) is 37.4. The SMILES string of the molecule is CC(C)[C@H](N)C(=O)OCCNc1cccc2c1C(=O)c1ccccc1C2=O. The Labute approximate surface area is 157 Å². The van der Waals surface area contributed by atoms with Crippen LogP contribution in [0.25, 0.3) is 0 Å². The fourth-order valence-electron chi connectivity index (χ4n) is 3.00. The quantitative estimate of drug-likeness (QED) is 0.513. The van der Waals surface area contributed by atoms with Crippen LogP contribution in [0.4, 0.5) is 5.69 Å². The van der Waals surface area contributed by atoms with Crippen molar-refractivity contribution in [3.8, 4) is 0 Å². The average Bonchev–Trinajstić information content (AvgIpc) is 2.68. The minimum atomic E-state index is -0.662. The van der Waals surface area contributed by atoms with Crippen LogP contribution in [-0.2, 0) is 9.53 Å². The zero-order chi connectivity index (χ0) is 19.6. The maximum atomic E-state index is 12.9. The van der Waals surface area contributed by atoms with Crippen molar-refractivity contribution in [2.45, 2.75) is 19.9 Å². The van der Waals surface area contributed by atoms with Gasteiger partial charge in [0.2, 0.25) is 0 Å². The molecule has 2 aromatic rings. The molecule has 0 radical (unpaired) electrons. The highest BCUT2D eigenvalue weighted by Crippen LogP contribution is 2.31. The molecule has 0 saturated carbocycles. The van der Waals surface area contributed by atoms with E-state index in [-0.39, 0.29) is 24.1 Å². The van der Waals surface area contributed by atoms with Crippen molar-refractivity contribution in [2.75, 3.05) is 18.5 Å². The minimum Gasteiger partial charge on any atom is -0.463 e. The fraction of sp³-hybridized carbons (Fsp3) is 0.286. The van der Waals surface area contributed by atoms with Gasteiger partial charge in [-0.2, -0.15) is 0 Å². The van der Waals surface area contributed by atoms with Gasteiger partial charge in [-0.1, -0.05) is 50.2 Å². The van der Waals surface area contributed by atoms with Crippen molar-refractivity contribution >= 4 is 23.2 Å². The van der Waals surface area contributed by atoms with E-state index in [0.29, 0.717) is 34.5 Å². The highest BCUT2D eigenvalue weighted by Gasteiger charge is 2.31. The molecule has 3 rings (SSSR count). The van der Waals surface area contributed by atoms with Gasteiger partial charge < -0.3 is 15.8 Å². The van der Waals surface area contributed by atoms with E-state index in [1.807, 2.05) is 13.8 Å². The van der Waals surface area contributed by atoms with Gasteiger partial charge in [0.1, 0.15) is 12.6 Å². The van der Waals surface area contributed by atoms with E-state index >= 15 is 0 Å². The van der Waals surface area contributed by atoms with Crippen LogP contribution in [0.3, 0.4) is 0 Å².